The fraction of sp³-hybridized carbons (Fsp3) is 0.462. The van der Waals surface area contributed by atoms with Crippen LogP contribution in [0.3, 0.4) is 0 Å². The number of hydrogen-bond donors (Lipinski definition) is 2. The van der Waals surface area contributed by atoms with Crippen LogP contribution in [0.15, 0.2) is 18.2 Å². The summed E-state index contributed by atoms with van der Waals surface area (Å²) in [7, 11) is 0. The molecule has 0 fully saturated rings. The highest BCUT2D eigenvalue weighted by atomic mass is 35.5. The third-order valence-electron chi connectivity index (χ3n) is 2.43. The van der Waals surface area contributed by atoms with Gasteiger partial charge in [0.25, 0.3) is 6.43 Å². The monoisotopic (exact) mass is 306 g/mol. The largest absolute Gasteiger partial charge is 0.374 e. The van der Waals surface area contributed by atoms with E-state index in [4.69, 9.17) is 11.6 Å². The lowest BCUT2D eigenvalue weighted by Gasteiger charge is -2.09. The van der Waals surface area contributed by atoms with Gasteiger partial charge < -0.3 is 15.4 Å². The van der Waals surface area contributed by atoms with Crippen LogP contribution in [0.25, 0.3) is 0 Å². The normalized spacial score (nSPS) is 10.8. The summed E-state index contributed by atoms with van der Waals surface area (Å²) in [5, 5.41) is 6.05. The zero-order chi connectivity index (χ0) is 15.0. The van der Waals surface area contributed by atoms with Gasteiger partial charge in [0.1, 0.15) is 6.61 Å². The first kappa shape index (κ1) is 16.8. The Balaban J connectivity index is 2.22. The van der Waals surface area contributed by atoms with E-state index in [-0.39, 0.29) is 19.1 Å². The van der Waals surface area contributed by atoms with Crippen molar-refractivity contribution in [1.82, 2.24) is 5.32 Å². The Labute approximate surface area is 121 Å². The molecule has 0 aliphatic rings. The molecule has 112 valence electrons. The van der Waals surface area contributed by atoms with E-state index in [9.17, 15) is 13.6 Å². The maximum Gasteiger partial charge on any atom is 0.261 e. The molecule has 4 nitrogen and oxygen atoms in total. The van der Waals surface area contributed by atoms with Gasteiger partial charge in [-0.05, 0) is 24.6 Å². The summed E-state index contributed by atoms with van der Waals surface area (Å²) in [4.78, 5) is 11.6. The fourth-order valence-corrected chi connectivity index (χ4v) is 1.61. The highest BCUT2D eigenvalue weighted by Crippen LogP contribution is 2.19. The maximum atomic E-state index is 11.8. The van der Waals surface area contributed by atoms with Gasteiger partial charge in [0.2, 0.25) is 5.91 Å². The van der Waals surface area contributed by atoms with Crippen molar-refractivity contribution in [2.45, 2.75) is 13.3 Å². The second-order valence-electron chi connectivity index (χ2n) is 4.15. The third kappa shape index (κ3) is 6.79. The van der Waals surface area contributed by atoms with E-state index in [2.05, 4.69) is 15.4 Å². The van der Waals surface area contributed by atoms with E-state index < -0.39 is 13.0 Å². The Morgan fingerprint density at radius 2 is 2.20 bits per heavy atom. The number of anilines is 1. The van der Waals surface area contributed by atoms with Crippen LogP contribution in [-0.2, 0) is 9.53 Å². The number of nitrogens with one attached hydrogen (secondary N) is 2. The molecule has 0 aliphatic carbocycles. The van der Waals surface area contributed by atoms with Crippen LogP contribution in [0.2, 0.25) is 5.02 Å². The van der Waals surface area contributed by atoms with Gasteiger partial charge in [0.05, 0.1) is 13.2 Å². The Hall–Kier alpha value is -1.24. The number of alkyl halides is 2. The number of aryl methyl sites for hydroxylation is 1. The molecule has 7 heteroatoms. The molecule has 0 atom stereocenters. The van der Waals surface area contributed by atoms with Crippen LogP contribution in [0.5, 0.6) is 0 Å². The van der Waals surface area contributed by atoms with Crippen molar-refractivity contribution >= 4 is 23.2 Å². The Morgan fingerprint density at radius 3 is 2.90 bits per heavy atom. The molecule has 1 aromatic rings. The van der Waals surface area contributed by atoms with Crippen molar-refractivity contribution in [1.29, 1.82) is 0 Å². The summed E-state index contributed by atoms with van der Waals surface area (Å²) >= 11 is 5.84. The second-order valence-corrected chi connectivity index (χ2v) is 4.59. The first-order valence-corrected chi connectivity index (χ1v) is 6.49. The van der Waals surface area contributed by atoms with Crippen molar-refractivity contribution in [3.8, 4) is 0 Å². The Bertz CT molecular complexity index is 444. The molecule has 0 saturated carbocycles. The molecule has 0 radical (unpaired) electrons. The smallest absolute Gasteiger partial charge is 0.261 e. The number of benzene rings is 1. The van der Waals surface area contributed by atoms with E-state index >= 15 is 0 Å². The third-order valence-corrected chi connectivity index (χ3v) is 2.66. The zero-order valence-corrected chi connectivity index (χ0v) is 11.8. The van der Waals surface area contributed by atoms with E-state index in [1.165, 1.54) is 0 Å². The summed E-state index contributed by atoms with van der Waals surface area (Å²) in [5.41, 5.74) is 1.56. The first-order chi connectivity index (χ1) is 9.49. The molecular formula is C13H17ClF2N2O2. The quantitative estimate of drug-likeness (QED) is 0.725. The summed E-state index contributed by atoms with van der Waals surface area (Å²) in [6, 6.07) is 5.22. The molecule has 0 saturated heterocycles. The first-order valence-electron chi connectivity index (χ1n) is 6.11. The minimum atomic E-state index is -2.47. The fourth-order valence-electron chi connectivity index (χ4n) is 1.44. The van der Waals surface area contributed by atoms with E-state index in [1.54, 1.807) is 12.1 Å². The van der Waals surface area contributed by atoms with Gasteiger partial charge in [-0.15, -0.1) is 0 Å². The molecule has 1 aromatic carbocycles. The van der Waals surface area contributed by atoms with Gasteiger partial charge in [-0.2, -0.15) is 0 Å². The molecule has 0 aromatic heterocycles. The van der Waals surface area contributed by atoms with Crippen molar-refractivity contribution in [3.05, 3.63) is 28.8 Å². The highest BCUT2D eigenvalue weighted by Gasteiger charge is 2.05. The maximum absolute atomic E-state index is 11.8. The standard InChI is InChI=1S/C13H17ClF2N2O2/c1-9-2-3-10(14)6-11(9)18-13(19)7-17-4-5-20-8-12(15)16/h2-3,6,12,17H,4-5,7-8H2,1H3,(H,18,19). The number of hydrogen-bond acceptors (Lipinski definition) is 3. The molecule has 0 aliphatic heterocycles. The van der Waals surface area contributed by atoms with Crippen molar-refractivity contribution in [3.63, 3.8) is 0 Å². The minimum absolute atomic E-state index is 0.0734. The van der Waals surface area contributed by atoms with Gasteiger partial charge in [-0.25, -0.2) is 8.78 Å². The molecule has 0 unspecified atom stereocenters. The Morgan fingerprint density at radius 1 is 1.45 bits per heavy atom. The van der Waals surface area contributed by atoms with Gasteiger partial charge >= 0.3 is 0 Å². The predicted molar refractivity (Wildman–Crippen MR) is 74.5 cm³/mol. The number of amides is 1. The molecule has 0 heterocycles. The predicted octanol–water partition coefficient (Wildman–Crippen LogP) is 2.46. The van der Waals surface area contributed by atoms with E-state index in [0.717, 1.165) is 5.56 Å². The van der Waals surface area contributed by atoms with Crippen molar-refractivity contribution in [2.75, 3.05) is 31.6 Å². The van der Waals surface area contributed by atoms with Crippen LogP contribution in [0.4, 0.5) is 14.5 Å². The van der Waals surface area contributed by atoms with Crippen LogP contribution in [-0.4, -0.2) is 38.6 Å². The molecule has 1 rings (SSSR count). The molecule has 0 spiro atoms. The molecular weight excluding hydrogens is 290 g/mol. The lowest BCUT2D eigenvalue weighted by molar-refractivity contribution is -0.115. The van der Waals surface area contributed by atoms with Crippen LogP contribution >= 0.6 is 11.6 Å². The van der Waals surface area contributed by atoms with Crippen molar-refractivity contribution < 1.29 is 18.3 Å². The summed E-state index contributed by atoms with van der Waals surface area (Å²) in [6.45, 7) is 1.81. The average molecular weight is 307 g/mol. The summed E-state index contributed by atoms with van der Waals surface area (Å²) < 4.78 is 28.2. The highest BCUT2D eigenvalue weighted by molar-refractivity contribution is 6.31. The molecule has 20 heavy (non-hydrogen) atoms. The Kier molecular flexibility index (Phi) is 7.43. The number of carbonyl (C=O) groups is 1. The van der Waals surface area contributed by atoms with Gasteiger partial charge in [0.15, 0.2) is 0 Å². The molecule has 1 amide bonds. The van der Waals surface area contributed by atoms with Gasteiger partial charge in [-0.3, -0.25) is 4.79 Å². The number of rotatable bonds is 8. The average Bonchev–Trinajstić information content (AvgIpc) is 2.37. The summed E-state index contributed by atoms with van der Waals surface area (Å²) in [5.74, 6) is -0.232. The van der Waals surface area contributed by atoms with E-state index in [0.29, 0.717) is 17.3 Å². The van der Waals surface area contributed by atoms with Crippen LogP contribution in [0, 0.1) is 6.92 Å². The number of halogens is 3. The molecule has 0 bridgehead atoms. The van der Waals surface area contributed by atoms with Crippen LogP contribution < -0.4 is 10.6 Å². The SMILES string of the molecule is Cc1ccc(Cl)cc1NC(=O)CNCCOCC(F)F. The number of carbonyl (C=O) groups excluding carboxylic acids is 1. The minimum Gasteiger partial charge on any atom is -0.374 e. The van der Waals surface area contributed by atoms with Crippen molar-refractivity contribution in [2.24, 2.45) is 0 Å². The number of ether oxygens (including phenoxy) is 1. The lowest BCUT2D eigenvalue weighted by Crippen LogP contribution is -2.31. The topological polar surface area (TPSA) is 50.4 Å². The second kappa shape index (κ2) is 8.84. The molecule has 2 N–H and O–H groups in total. The lowest BCUT2D eigenvalue weighted by atomic mass is 10.2. The van der Waals surface area contributed by atoms with Gasteiger partial charge in [-0.1, -0.05) is 17.7 Å². The summed E-state index contributed by atoms with van der Waals surface area (Å²) in [6.07, 6.45) is -2.47. The zero-order valence-electron chi connectivity index (χ0n) is 11.1. The van der Waals surface area contributed by atoms with Gasteiger partial charge in [0, 0.05) is 17.3 Å². The van der Waals surface area contributed by atoms with Crippen LogP contribution in [0.1, 0.15) is 5.56 Å². The van der Waals surface area contributed by atoms with E-state index in [1.807, 2.05) is 13.0 Å².